The molecule has 0 bridgehead atoms. The number of carbonyl (C=O) groups is 1. The fourth-order valence-electron chi connectivity index (χ4n) is 4.84. The molecule has 1 aliphatic carbocycles. The molecule has 0 atom stereocenters. The summed E-state index contributed by atoms with van der Waals surface area (Å²) in [5.41, 5.74) is 3.91. The van der Waals surface area contributed by atoms with Crippen molar-refractivity contribution in [2.75, 3.05) is 19.8 Å². The fourth-order valence-corrected chi connectivity index (χ4v) is 4.84. The second kappa shape index (κ2) is 14.6. The Bertz CT molecular complexity index is 848. The van der Waals surface area contributed by atoms with E-state index >= 15 is 0 Å². The summed E-state index contributed by atoms with van der Waals surface area (Å²) in [7, 11) is 0. The molecule has 0 aliphatic heterocycles. The van der Waals surface area contributed by atoms with Gasteiger partial charge in [0.05, 0.1) is 13.2 Å². The predicted molar refractivity (Wildman–Crippen MR) is 138 cm³/mol. The molecule has 34 heavy (non-hydrogen) atoms. The van der Waals surface area contributed by atoms with Gasteiger partial charge in [-0.15, -0.1) is 0 Å². The Balaban J connectivity index is 1.36. The van der Waals surface area contributed by atoms with Crippen LogP contribution >= 0.6 is 0 Å². The van der Waals surface area contributed by atoms with Gasteiger partial charge in [0.2, 0.25) is 0 Å². The summed E-state index contributed by atoms with van der Waals surface area (Å²) >= 11 is 0. The molecule has 4 heteroatoms. The third-order valence-electron chi connectivity index (χ3n) is 6.91. The Morgan fingerprint density at radius 2 is 1.47 bits per heavy atom. The molecule has 0 aromatic heterocycles. The number of esters is 1. The van der Waals surface area contributed by atoms with E-state index in [0.717, 1.165) is 43.8 Å². The van der Waals surface area contributed by atoms with E-state index in [1.54, 1.807) is 0 Å². The number of aliphatic hydroxyl groups excluding tert-OH is 1. The van der Waals surface area contributed by atoms with Crippen molar-refractivity contribution in [3.8, 4) is 16.9 Å². The lowest BCUT2D eigenvalue weighted by Gasteiger charge is -2.28. The molecule has 184 valence electrons. The average molecular weight is 465 g/mol. The molecule has 0 spiro atoms. The van der Waals surface area contributed by atoms with Gasteiger partial charge in [-0.3, -0.25) is 0 Å². The summed E-state index contributed by atoms with van der Waals surface area (Å²) in [5.74, 6) is 2.03. The van der Waals surface area contributed by atoms with E-state index < -0.39 is 0 Å². The lowest BCUT2D eigenvalue weighted by Crippen LogP contribution is -2.13. The molecule has 2 aromatic rings. The second-order valence-electron chi connectivity index (χ2n) is 9.36. The molecule has 0 amide bonds. The van der Waals surface area contributed by atoms with Crippen molar-refractivity contribution in [1.29, 1.82) is 0 Å². The largest absolute Gasteiger partial charge is 0.494 e. The van der Waals surface area contributed by atoms with Gasteiger partial charge in [-0.1, -0.05) is 43.0 Å². The van der Waals surface area contributed by atoms with Crippen molar-refractivity contribution >= 4 is 5.97 Å². The highest BCUT2D eigenvalue weighted by atomic mass is 16.5. The van der Waals surface area contributed by atoms with Crippen molar-refractivity contribution in [3.05, 3.63) is 66.7 Å². The number of rotatable bonds is 14. The molecule has 0 heterocycles. The van der Waals surface area contributed by atoms with Crippen LogP contribution in [-0.2, 0) is 9.53 Å². The van der Waals surface area contributed by atoms with Crippen molar-refractivity contribution < 1.29 is 19.4 Å². The minimum Gasteiger partial charge on any atom is -0.494 e. The average Bonchev–Trinajstić information content (AvgIpc) is 2.89. The van der Waals surface area contributed by atoms with Crippen LogP contribution in [-0.4, -0.2) is 30.9 Å². The summed E-state index contributed by atoms with van der Waals surface area (Å²) in [6, 6.07) is 17.4. The van der Waals surface area contributed by atoms with Crippen LogP contribution in [0.2, 0.25) is 0 Å². The van der Waals surface area contributed by atoms with Gasteiger partial charge in [-0.25, -0.2) is 4.79 Å². The third kappa shape index (κ3) is 8.64. The first kappa shape index (κ1) is 26.0. The van der Waals surface area contributed by atoms with Crippen molar-refractivity contribution in [1.82, 2.24) is 0 Å². The lowest BCUT2D eigenvalue weighted by atomic mass is 9.77. The Hall–Kier alpha value is -2.59. The summed E-state index contributed by atoms with van der Waals surface area (Å²) < 4.78 is 10.9. The zero-order valence-electron chi connectivity index (χ0n) is 20.4. The Morgan fingerprint density at radius 3 is 2.09 bits per heavy atom. The van der Waals surface area contributed by atoms with Gasteiger partial charge in [-0.2, -0.15) is 0 Å². The normalized spacial score (nSPS) is 17.8. The molecule has 1 N–H and O–H groups in total. The van der Waals surface area contributed by atoms with Gasteiger partial charge in [0, 0.05) is 12.7 Å². The Morgan fingerprint density at radius 1 is 0.853 bits per heavy atom. The van der Waals surface area contributed by atoms with Crippen LogP contribution in [0.1, 0.15) is 75.7 Å². The first-order valence-electron chi connectivity index (χ1n) is 12.9. The van der Waals surface area contributed by atoms with Gasteiger partial charge in [0.1, 0.15) is 5.75 Å². The van der Waals surface area contributed by atoms with E-state index in [-0.39, 0.29) is 5.97 Å². The number of unbranched alkanes of at least 4 members (excludes halogenated alkanes) is 3. The van der Waals surface area contributed by atoms with Crippen LogP contribution in [0.4, 0.5) is 0 Å². The summed E-state index contributed by atoms with van der Waals surface area (Å²) in [6.45, 7) is 4.87. The van der Waals surface area contributed by atoms with Crippen LogP contribution in [0.15, 0.2) is 61.2 Å². The maximum Gasteiger partial charge on any atom is 0.330 e. The van der Waals surface area contributed by atoms with E-state index in [9.17, 15) is 4.79 Å². The number of ether oxygens (including phenoxy) is 2. The number of aliphatic hydroxyl groups is 1. The van der Waals surface area contributed by atoms with Gasteiger partial charge in [0.25, 0.3) is 0 Å². The van der Waals surface area contributed by atoms with Crippen molar-refractivity contribution in [2.45, 2.75) is 70.1 Å². The molecular weight excluding hydrogens is 424 g/mol. The molecule has 0 unspecified atom stereocenters. The molecule has 1 saturated carbocycles. The Kier molecular flexibility index (Phi) is 11.2. The van der Waals surface area contributed by atoms with E-state index in [4.69, 9.17) is 14.6 Å². The highest BCUT2D eigenvalue weighted by Crippen LogP contribution is 2.38. The summed E-state index contributed by atoms with van der Waals surface area (Å²) in [6.07, 6.45) is 12.4. The SMILES string of the molecule is C=CC(=O)OCCCCCCOc1ccc(-c2ccc([C@H]3CC[C@H](CCCO)CC3)cc2)cc1. The zero-order valence-corrected chi connectivity index (χ0v) is 20.4. The monoisotopic (exact) mass is 464 g/mol. The van der Waals surface area contributed by atoms with E-state index in [1.165, 1.54) is 54.9 Å². The molecule has 3 rings (SSSR count). The molecule has 1 aliphatic rings. The predicted octanol–water partition coefficient (Wildman–Crippen LogP) is 7.07. The van der Waals surface area contributed by atoms with Crippen LogP contribution in [0, 0.1) is 5.92 Å². The number of hydrogen-bond donors (Lipinski definition) is 1. The van der Waals surface area contributed by atoms with Gasteiger partial charge >= 0.3 is 5.97 Å². The van der Waals surface area contributed by atoms with Crippen molar-refractivity contribution in [2.24, 2.45) is 5.92 Å². The molecule has 4 nitrogen and oxygen atoms in total. The van der Waals surface area contributed by atoms with Gasteiger partial charge < -0.3 is 14.6 Å². The zero-order chi connectivity index (χ0) is 24.0. The van der Waals surface area contributed by atoms with Gasteiger partial charge in [-0.05, 0) is 105 Å². The maximum atomic E-state index is 11.0. The highest BCUT2D eigenvalue weighted by Gasteiger charge is 2.22. The fraction of sp³-hybridized carbons (Fsp3) is 0.500. The van der Waals surface area contributed by atoms with E-state index in [1.807, 2.05) is 12.1 Å². The molecular formula is C30H40O4. The highest BCUT2D eigenvalue weighted by molar-refractivity contribution is 5.81. The maximum absolute atomic E-state index is 11.0. The molecule has 2 aromatic carbocycles. The van der Waals surface area contributed by atoms with Gasteiger partial charge in [0.15, 0.2) is 0 Å². The minimum atomic E-state index is -0.351. The topological polar surface area (TPSA) is 55.8 Å². The minimum absolute atomic E-state index is 0.326. The quantitative estimate of drug-likeness (QED) is 0.185. The molecule has 1 fully saturated rings. The molecule has 0 radical (unpaired) electrons. The molecule has 0 saturated heterocycles. The smallest absolute Gasteiger partial charge is 0.330 e. The first-order chi connectivity index (χ1) is 16.7. The Labute approximate surface area is 205 Å². The van der Waals surface area contributed by atoms with Crippen LogP contribution in [0.3, 0.4) is 0 Å². The van der Waals surface area contributed by atoms with Crippen LogP contribution in [0.5, 0.6) is 5.75 Å². The van der Waals surface area contributed by atoms with Crippen LogP contribution in [0.25, 0.3) is 11.1 Å². The standard InChI is InChI=1S/C30H40O4/c1-2-30(32)34-23-6-4-3-5-22-33-29-19-17-28(18-20-29)27-15-13-26(14-16-27)25-11-9-24(10-12-25)8-7-21-31/h2,13-20,24-25,31H,1,3-12,21-23H2/t24-,25-. The third-order valence-corrected chi connectivity index (χ3v) is 6.91. The second-order valence-corrected chi connectivity index (χ2v) is 9.36. The number of hydrogen-bond acceptors (Lipinski definition) is 4. The number of benzene rings is 2. The first-order valence-corrected chi connectivity index (χ1v) is 12.9. The lowest BCUT2D eigenvalue weighted by molar-refractivity contribution is -0.137. The number of carbonyl (C=O) groups excluding carboxylic acids is 1. The van der Waals surface area contributed by atoms with E-state index in [2.05, 4.69) is 43.0 Å². The summed E-state index contributed by atoms with van der Waals surface area (Å²) in [5, 5.41) is 9.04. The van der Waals surface area contributed by atoms with E-state index in [0.29, 0.717) is 25.7 Å². The van der Waals surface area contributed by atoms with Crippen LogP contribution < -0.4 is 4.74 Å². The van der Waals surface area contributed by atoms with Crippen molar-refractivity contribution in [3.63, 3.8) is 0 Å². The summed E-state index contributed by atoms with van der Waals surface area (Å²) in [4.78, 5) is 11.0.